The highest BCUT2D eigenvalue weighted by Gasteiger charge is 2.29. The van der Waals surface area contributed by atoms with Crippen molar-refractivity contribution in [3.05, 3.63) is 54.1 Å². The molecule has 1 saturated carbocycles. The summed E-state index contributed by atoms with van der Waals surface area (Å²) >= 11 is 0. The molecule has 2 aromatic heterocycles. The molecule has 1 aliphatic rings. The van der Waals surface area contributed by atoms with Gasteiger partial charge in [-0.05, 0) is 18.4 Å². The van der Waals surface area contributed by atoms with Crippen LogP contribution in [0.15, 0.2) is 56.6 Å². The Morgan fingerprint density at radius 1 is 1.19 bits per heavy atom. The first-order valence-corrected chi connectivity index (χ1v) is 10.5. The average molecular weight is 387 g/mol. The summed E-state index contributed by atoms with van der Waals surface area (Å²) in [7, 11) is -3.76. The van der Waals surface area contributed by atoms with Gasteiger partial charge in [-0.15, -0.1) is 10.2 Å². The molecule has 0 spiro atoms. The fraction of sp³-hybridized carbons (Fsp3) is 0.368. The summed E-state index contributed by atoms with van der Waals surface area (Å²) < 4.78 is 38.3. The third-order valence-corrected chi connectivity index (χ3v) is 6.66. The SMILES string of the molecule is CCN(Cc1ccccc1)S(=O)(=O)c1cc(-c2nnc(C3CCC3)o2)co1. The van der Waals surface area contributed by atoms with E-state index in [2.05, 4.69) is 10.2 Å². The molecule has 7 nitrogen and oxygen atoms in total. The molecule has 8 heteroatoms. The minimum absolute atomic E-state index is 0.126. The van der Waals surface area contributed by atoms with Crippen molar-refractivity contribution in [2.45, 2.75) is 43.7 Å². The topological polar surface area (TPSA) is 89.4 Å². The Kier molecular flexibility index (Phi) is 4.84. The Morgan fingerprint density at radius 3 is 2.63 bits per heavy atom. The monoisotopic (exact) mass is 387 g/mol. The van der Waals surface area contributed by atoms with E-state index in [9.17, 15) is 8.42 Å². The van der Waals surface area contributed by atoms with E-state index in [0.29, 0.717) is 23.9 Å². The predicted octanol–water partition coefficient (Wildman–Crippen LogP) is 3.81. The highest BCUT2D eigenvalue weighted by atomic mass is 32.2. The number of benzene rings is 1. The molecule has 2 heterocycles. The summed E-state index contributed by atoms with van der Waals surface area (Å²) in [6, 6.07) is 10.9. The number of hydrogen-bond donors (Lipinski definition) is 0. The number of furan rings is 1. The van der Waals surface area contributed by atoms with E-state index in [0.717, 1.165) is 18.4 Å². The van der Waals surface area contributed by atoms with Gasteiger partial charge in [0, 0.05) is 25.1 Å². The molecule has 0 atom stereocenters. The van der Waals surface area contributed by atoms with Crippen molar-refractivity contribution in [3.8, 4) is 11.5 Å². The average Bonchev–Trinajstić information content (AvgIpc) is 3.28. The Labute approximate surface area is 158 Å². The molecule has 0 saturated heterocycles. The van der Waals surface area contributed by atoms with Crippen molar-refractivity contribution >= 4 is 10.0 Å². The highest BCUT2D eigenvalue weighted by Crippen LogP contribution is 2.36. The van der Waals surface area contributed by atoms with E-state index in [1.807, 2.05) is 30.3 Å². The van der Waals surface area contributed by atoms with Crippen LogP contribution in [0.25, 0.3) is 11.5 Å². The van der Waals surface area contributed by atoms with Gasteiger partial charge in [0.1, 0.15) is 6.26 Å². The second kappa shape index (κ2) is 7.28. The molecule has 142 valence electrons. The van der Waals surface area contributed by atoms with Crippen LogP contribution in [0.5, 0.6) is 0 Å². The zero-order valence-corrected chi connectivity index (χ0v) is 15.9. The maximum atomic E-state index is 12.9. The molecule has 0 unspecified atom stereocenters. The quantitative estimate of drug-likeness (QED) is 0.612. The van der Waals surface area contributed by atoms with Gasteiger partial charge in [0.05, 0.1) is 5.56 Å². The lowest BCUT2D eigenvalue weighted by Crippen LogP contribution is -2.30. The molecule has 1 fully saturated rings. The molecule has 4 rings (SSSR count). The molecule has 3 aromatic rings. The minimum Gasteiger partial charge on any atom is -0.451 e. The molecule has 0 radical (unpaired) electrons. The molecule has 1 aliphatic carbocycles. The van der Waals surface area contributed by atoms with E-state index >= 15 is 0 Å². The van der Waals surface area contributed by atoms with Crippen LogP contribution in [-0.2, 0) is 16.6 Å². The molecular weight excluding hydrogens is 366 g/mol. The zero-order valence-electron chi connectivity index (χ0n) is 15.0. The van der Waals surface area contributed by atoms with Crippen molar-refractivity contribution in [1.29, 1.82) is 0 Å². The van der Waals surface area contributed by atoms with Crippen molar-refractivity contribution < 1.29 is 17.3 Å². The molecule has 0 bridgehead atoms. The number of hydrogen-bond acceptors (Lipinski definition) is 6. The number of rotatable bonds is 7. The highest BCUT2D eigenvalue weighted by molar-refractivity contribution is 7.89. The Balaban J connectivity index is 1.56. The van der Waals surface area contributed by atoms with Gasteiger partial charge in [-0.25, -0.2) is 8.42 Å². The summed E-state index contributed by atoms with van der Waals surface area (Å²) in [6.45, 7) is 2.41. The summed E-state index contributed by atoms with van der Waals surface area (Å²) in [6.07, 6.45) is 4.63. The maximum absolute atomic E-state index is 12.9. The van der Waals surface area contributed by atoms with E-state index in [-0.39, 0.29) is 17.5 Å². The van der Waals surface area contributed by atoms with Gasteiger partial charge >= 0.3 is 0 Å². The van der Waals surface area contributed by atoms with Gasteiger partial charge < -0.3 is 8.83 Å². The molecule has 0 N–H and O–H groups in total. The lowest BCUT2D eigenvalue weighted by atomic mass is 9.85. The van der Waals surface area contributed by atoms with Crippen LogP contribution in [-0.4, -0.2) is 29.5 Å². The van der Waals surface area contributed by atoms with Crippen molar-refractivity contribution in [1.82, 2.24) is 14.5 Å². The number of aromatic nitrogens is 2. The van der Waals surface area contributed by atoms with Crippen molar-refractivity contribution in [2.24, 2.45) is 0 Å². The zero-order chi connectivity index (χ0) is 18.9. The van der Waals surface area contributed by atoms with E-state index < -0.39 is 10.0 Å². The smallest absolute Gasteiger partial charge is 0.276 e. The largest absolute Gasteiger partial charge is 0.451 e. The van der Waals surface area contributed by atoms with Gasteiger partial charge in [0.15, 0.2) is 0 Å². The fourth-order valence-electron chi connectivity index (χ4n) is 3.02. The number of nitrogens with zero attached hydrogens (tertiary/aromatic N) is 3. The second-order valence-corrected chi connectivity index (χ2v) is 8.51. The normalized spacial score (nSPS) is 15.2. The van der Waals surface area contributed by atoms with Crippen molar-refractivity contribution in [3.63, 3.8) is 0 Å². The van der Waals surface area contributed by atoms with E-state index in [1.54, 1.807) is 6.92 Å². The van der Waals surface area contributed by atoms with Crippen LogP contribution < -0.4 is 0 Å². The molecular formula is C19H21N3O4S. The van der Waals surface area contributed by atoms with Crippen LogP contribution in [0, 0.1) is 0 Å². The maximum Gasteiger partial charge on any atom is 0.276 e. The summed E-state index contributed by atoms with van der Waals surface area (Å²) in [5.74, 6) is 1.22. The third-order valence-electron chi connectivity index (χ3n) is 4.87. The first-order chi connectivity index (χ1) is 13.1. The van der Waals surface area contributed by atoms with E-state index in [1.165, 1.54) is 23.1 Å². The lowest BCUT2D eigenvalue weighted by molar-refractivity contribution is 0.338. The van der Waals surface area contributed by atoms with Crippen molar-refractivity contribution in [2.75, 3.05) is 6.54 Å². The van der Waals surface area contributed by atoms with Gasteiger partial charge in [-0.3, -0.25) is 0 Å². The summed E-state index contributed by atoms with van der Waals surface area (Å²) in [4.78, 5) is 0. The first kappa shape index (κ1) is 17.9. The Hall–Kier alpha value is -2.45. The molecule has 0 aliphatic heterocycles. The Morgan fingerprint density at radius 2 is 1.96 bits per heavy atom. The van der Waals surface area contributed by atoms with Gasteiger partial charge in [0.25, 0.3) is 15.9 Å². The second-order valence-electron chi connectivity index (χ2n) is 6.64. The fourth-order valence-corrected chi connectivity index (χ4v) is 4.38. The predicted molar refractivity (Wildman–Crippen MR) is 98.3 cm³/mol. The third kappa shape index (κ3) is 3.54. The van der Waals surface area contributed by atoms with Gasteiger partial charge in [-0.2, -0.15) is 4.31 Å². The van der Waals surface area contributed by atoms with Crippen LogP contribution in [0.2, 0.25) is 0 Å². The van der Waals surface area contributed by atoms with E-state index in [4.69, 9.17) is 8.83 Å². The molecule has 0 amide bonds. The molecule has 1 aromatic carbocycles. The standard InChI is InChI=1S/C19H21N3O4S/c1-2-22(12-14-7-4-3-5-8-14)27(23,24)17-11-16(13-25-17)19-21-20-18(26-19)15-9-6-10-15/h3-5,7-8,11,13,15H,2,6,9-10,12H2,1H3. The molecule has 27 heavy (non-hydrogen) atoms. The van der Waals surface area contributed by atoms with Crippen LogP contribution in [0.3, 0.4) is 0 Å². The number of sulfonamides is 1. The summed E-state index contributed by atoms with van der Waals surface area (Å²) in [5, 5.41) is 7.98. The van der Waals surface area contributed by atoms with Gasteiger partial charge in [0.2, 0.25) is 11.0 Å². The van der Waals surface area contributed by atoms with Crippen LogP contribution in [0.4, 0.5) is 0 Å². The minimum atomic E-state index is -3.76. The van der Waals surface area contributed by atoms with Crippen LogP contribution >= 0.6 is 0 Å². The first-order valence-electron chi connectivity index (χ1n) is 9.04. The summed E-state index contributed by atoms with van der Waals surface area (Å²) in [5.41, 5.74) is 1.39. The van der Waals surface area contributed by atoms with Crippen LogP contribution in [0.1, 0.15) is 43.6 Å². The van der Waals surface area contributed by atoms with Gasteiger partial charge in [-0.1, -0.05) is 43.7 Å². The lowest BCUT2D eigenvalue weighted by Gasteiger charge is -2.20. The Bertz CT molecular complexity index is 1010.